The zero-order chi connectivity index (χ0) is 20.3. The highest BCUT2D eigenvalue weighted by atomic mass is 32.2. The number of carbonyl (C=O) groups is 2. The highest BCUT2D eigenvalue weighted by Gasteiger charge is 2.47. The number of rotatable bonds is 6. The number of halogens is 3. The first-order valence-electron chi connectivity index (χ1n) is 7.70. The molecule has 1 rings (SSSR count). The number of amides is 1. The van der Waals surface area contributed by atoms with E-state index in [1.165, 1.54) is 12.1 Å². The second-order valence-electron chi connectivity index (χ2n) is 6.22. The van der Waals surface area contributed by atoms with Crippen molar-refractivity contribution in [1.82, 2.24) is 4.72 Å². The van der Waals surface area contributed by atoms with E-state index in [2.05, 4.69) is 0 Å². The monoisotopic (exact) mass is 395 g/mol. The maximum absolute atomic E-state index is 12.3. The number of hydrogen-bond acceptors (Lipinski definition) is 5. The molecule has 1 aromatic carbocycles. The lowest BCUT2D eigenvalue weighted by Crippen LogP contribution is -2.40. The molecule has 0 radical (unpaired) electrons. The predicted molar refractivity (Wildman–Crippen MR) is 87.8 cm³/mol. The predicted octanol–water partition coefficient (Wildman–Crippen LogP) is 3.24. The molecule has 26 heavy (non-hydrogen) atoms. The van der Waals surface area contributed by atoms with Crippen LogP contribution in [0, 0.1) is 11.3 Å². The molecule has 0 spiro atoms. The summed E-state index contributed by atoms with van der Waals surface area (Å²) in [6.45, 7) is 7.35. The van der Waals surface area contributed by atoms with Crippen LogP contribution < -0.4 is 9.46 Å². The van der Waals surface area contributed by atoms with E-state index in [9.17, 15) is 31.2 Å². The lowest BCUT2D eigenvalue weighted by atomic mass is 9.77. The van der Waals surface area contributed by atoms with E-state index >= 15 is 0 Å². The van der Waals surface area contributed by atoms with E-state index in [4.69, 9.17) is 4.74 Å². The molecule has 0 aliphatic carbocycles. The van der Waals surface area contributed by atoms with Crippen molar-refractivity contribution >= 4 is 21.9 Å². The van der Waals surface area contributed by atoms with Crippen LogP contribution in [0.3, 0.4) is 0 Å². The standard InChI is InChI=1S/C16H20F3NO5S/c1-5-15(4,10(2)3)14(22)25-12-8-6-11(7-9-12)13(21)20-26(23,24)16(17,18)19/h6-10H,5H2,1-4H3,(H,20,21). The normalized spacial score (nSPS) is 14.6. The Labute approximate surface area is 149 Å². The molecule has 1 amide bonds. The fourth-order valence-electron chi connectivity index (χ4n) is 1.93. The summed E-state index contributed by atoms with van der Waals surface area (Å²) in [6.07, 6.45) is 0.541. The molecule has 1 atom stereocenters. The molecular formula is C16H20F3NO5S. The summed E-state index contributed by atoms with van der Waals surface area (Å²) in [5, 5.41) is 0. The van der Waals surface area contributed by atoms with Gasteiger partial charge in [0.1, 0.15) is 5.75 Å². The number of nitrogens with one attached hydrogen (secondary N) is 1. The van der Waals surface area contributed by atoms with Crippen molar-refractivity contribution in [2.45, 2.75) is 39.6 Å². The van der Waals surface area contributed by atoms with E-state index in [0.29, 0.717) is 6.42 Å². The molecule has 0 bridgehead atoms. The zero-order valence-corrected chi connectivity index (χ0v) is 15.5. The zero-order valence-electron chi connectivity index (χ0n) is 14.7. The fraction of sp³-hybridized carbons (Fsp3) is 0.500. The van der Waals surface area contributed by atoms with Crippen molar-refractivity contribution in [2.24, 2.45) is 11.3 Å². The molecule has 1 N–H and O–H groups in total. The number of sulfonamides is 1. The van der Waals surface area contributed by atoms with Gasteiger partial charge in [0.05, 0.1) is 5.41 Å². The summed E-state index contributed by atoms with van der Waals surface area (Å²) in [5.74, 6) is -1.82. The van der Waals surface area contributed by atoms with Crippen molar-refractivity contribution in [3.63, 3.8) is 0 Å². The van der Waals surface area contributed by atoms with Gasteiger partial charge >= 0.3 is 21.5 Å². The smallest absolute Gasteiger partial charge is 0.426 e. The fourth-order valence-corrected chi connectivity index (χ4v) is 2.40. The van der Waals surface area contributed by atoms with Crippen molar-refractivity contribution in [1.29, 1.82) is 0 Å². The Kier molecular flexibility index (Phi) is 6.45. The Morgan fingerprint density at radius 2 is 1.65 bits per heavy atom. The lowest BCUT2D eigenvalue weighted by molar-refractivity contribution is -0.147. The number of hydrogen-bond donors (Lipinski definition) is 1. The minimum absolute atomic E-state index is 0.0117. The van der Waals surface area contributed by atoms with Crippen molar-refractivity contribution < 1.29 is 35.9 Å². The topological polar surface area (TPSA) is 89.5 Å². The highest BCUT2D eigenvalue weighted by molar-refractivity contribution is 7.90. The van der Waals surface area contributed by atoms with E-state index in [-0.39, 0.29) is 17.2 Å². The number of benzene rings is 1. The molecule has 1 aromatic rings. The molecule has 6 nitrogen and oxygen atoms in total. The average Bonchev–Trinajstić information content (AvgIpc) is 2.52. The largest absolute Gasteiger partial charge is 0.516 e. The molecule has 0 aliphatic rings. The summed E-state index contributed by atoms with van der Waals surface area (Å²) in [4.78, 5) is 24.0. The summed E-state index contributed by atoms with van der Waals surface area (Å²) in [5.41, 5.74) is -6.66. The lowest BCUT2D eigenvalue weighted by Gasteiger charge is -2.29. The van der Waals surface area contributed by atoms with Gasteiger partial charge < -0.3 is 4.74 Å². The van der Waals surface area contributed by atoms with Gasteiger partial charge in [-0.15, -0.1) is 0 Å². The number of ether oxygens (including phenoxy) is 1. The Morgan fingerprint density at radius 3 is 2.04 bits per heavy atom. The first kappa shape index (κ1) is 21.9. The van der Waals surface area contributed by atoms with Crippen LogP contribution >= 0.6 is 0 Å². The van der Waals surface area contributed by atoms with E-state index in [1.54, 1.807) is 6.92 Å². The van der Waals surface area contributed by atoms with E-state index in [0.717, 1.165) is 16.9 Å². The molecule has 0 aliphatic heterocycles. The third kappa shape index (κ3) is 4.75. The van der Waals surface area contributed by atoms with Crippen LogP contribution in [0.5, 0.6) is 5.75 Å². The maximum Gasteiger partial charge on any atom is 0.516 e. The Balaban J connectivity index is 2.90. The van der Waals surface area contributed by atoms with Gasteiger partial charge in [0.25, 0.3) is 5.91 Å². The van der Waals surface area contributed by atoms with Gasteiger partial charge in [0.2, 0.25) is 0 Å². The second kappa shape index (κ2) is 7.65. The molecule has 10 heteroatoms. The average molecular weight is 395 g/mol. The second-order valence-corrected chi connectivity index (χ2v) is 7.89. The Bertz CT molecular complexity index is 772. The summed E-state index contributed by atoms with van der Waals surface area (Å²) >= 11 is 0. The minimum atomic E-state index is -5.79. The van der Waals surface area contributed by atoms with Gasteiger partial charge in [-0.3, -0.25) is 9.59 Å². The SMILES string of the molecule is CCC(C)(C(=O)Oc1ccc(C(=O)NS(=O)(=O)C(F)(F)F)cc1)C(C)C. The van der Waals surface area contributed by atoms with Crippen LogP contribution in [0.2, 0.25) is 0 Å². The van der Waals surface area contributed by atoms with Crippen LogP contribution in [0.25, 0.3) is 0 Å². The van der Waals surface area contributed by atoms with Crippen LogP contribution in [0.4, 0.5) is 13.2 Å². The molecule has 0 aromatic heterocycles. The summed E-state index contributed by atoms with van der Waals surface area (Å²) < 4.78 is 64.8. The molecule has 0 saturated carbocycles. The summed E-state index contributed by atoms with van der Waals surface area (Å²) in [7, 11) is -5.79. The number of alkyl halides is 3. The van der Waals surface area contributed by atoms with E-state index in [1.807, 2.05) is 20.8 Å². The number of carbonyl (C=O) groups excluding carboxylic acids is 2. The van der Waals surface area contributed by atoms with Crippen molar-refractivity contribution in [2.75, 3.05) is 0 Å². The molecule has 0 fully saturated rings. The molecule has 0 heterocycles. The highest BCUT2D eigenvalue weighted by Crippen LogP contribution is 2.33. The Hall–Kier alpha value is -2.10. The van der Waals surface area contributed by atoms with Gasteiger partial charge in [-0.05, 0) is 43.5 Å². The van der Waals surface area contributed by atoms with Gasteiger partial charge in [0.15, 0.2) is 0 Å². The third-order valence-electron chi connectivity index (χ3n) is 4.33. The molecule has 1 unspecified atom stereocenters. The molecule has 146 valence electrons. The van der Waals surface area contributed by atoms with Gasteiger partial charge in [0, 0.05) is 5.56 Å². The van der Waals surface area contributed by atoms with Gasteiger partial charge in [-0.25, -0.2) is 4.72 Å². The van der Waals surface area contributed by atoms with Gasteiger partial charge in [-0.2, -0.15) is 21.6 Å². The van der Waals surface area contributed by atoms with Crippen molar-refractivity contribution in [3.8, 4) is 5.75 Å². The minimum Gasteiger partial charge on any atom is -0.426 e. The maximum atomic E-state index is 12.3. The quantitative estimate of drug-likeness (QED) is 0.590. The van der Waals surface area contributed by atoms with E-state index < -0.39 is 32.8 Å². The van der Waals surface area contributed by atoms with Crippen LogP contribution in [-0.4, -0.2) is 25.8 Å². The molecule has 0 saturated heterocycles. The molecular weight excluding hydrogens is 375 g/mol. The first-order chi connectivity index (χ1) is 11.7. The van der Waals surface area contributed by atoms with Crippen LogP contribution in [-0.2, 0) is 14.8 Å². The van der Waals surface area contributed by atoms with Crippen molar-refractivity contribution in [3.05, 3.63) is 29.8 Å². The van der Waals surface area contributed by atoms with Crippen LogP contribution in [0.1, 0.15) is 44.5 Å². The number of esters is 1. The Morgan fingerprint density at radius 1 is 1.15 bits per heavy atom. The third-order valence-corrected chi connectivity index (χ3v) is 5.40. The summed E-state index contributed by atoms with van der Waals surface area (Å²) in [6, 6.07) is 4.51. The van der Waals surface area contributed by atoms with Gasteiger partial charge in [-0.1, -0.05) is 20.8 Å². The van der Waals surface area contributed by atoms with Crippen LogP contribution in [0.15, 0.2) is 24.3 Å². The first-order valence-corrected chi connectivity index (χ1v) is 9.18.